The molecule has 8 heteroatoms. The first kappa shape index (κ1) is 23.0. The van der Waals surface area contributed by atoms with Crippen molar-refractivity contribution in [2.24, 2.45) is 0 Å². The van der Waals surface area contributed by atoms with E-state index >= 15 is 0 Å². The van der Waals surface area contributed by atoms with Gasteiger partial charge in [-0.2, -0.15) is 0 Å². The normalized spacial score (nSPS) is 11.9. The van der Waals surface area contributed by atoms with Crippen molar-refractivity contribution in [2.75, 3.05) is 5.32 Å². The zero-order chi connectivity index (χ0) is 24.4. The van der Waals surface area contributed by atoms with E-state index in [-0.39, 0.29) is 11.5 Å². The van der Waals surface area contributed by atoms with Gasteiger partial charge in [0.2, 0.25) is 5.91 Å². The molecular weight excluding hydrogens is 476 g/mol. The lowest BCUT2D eigenvalue weighted by Gasteiger charge is -2.16. The van der Waals surface area contributed by atoms with E-state index in [4.69, 9.17) is 4.98 Å². The van der Waals surface area contributed by atoms with Crippen LogP contribution in [0.2, 0.25) is 0 Å². The van der Waals surface area contributed by atoms with Crippen LogP contribution in [0.5, 0.6) is 0 Å². The standard InChI is InChI=1S/C27H22N4O2S2/c1-17-12-14-20(15-13-17)31-25(33)21-10-6-7-11-22(21)29-27(31)35-18(2)24(32)30-26-28-23(16-34-26)19-8-4-3-5-9-19/h3-16,18H,1-2H3,(H,28,30,32). The first-order valence-electron chi connectivity index (χ1n) is 11.1. The van der Waals surface area contributed by atoms with Crippen LogP contribution in [0.4, 0.5) is 5.13 Å². The number of rotatable bonds is 6. The predicted molar refractivity (Wildman–Crippen MR) is 144 cm³/mol. The summed E-state index contributed by atoms with van der Waals surface area (Å²) in [6, 6.07) is 24.8. The number of aryl methyl sites for hydroxylation is 1. The van der Waals surface area contributed by atoms with Crippen molar-refractivity contribution >= 4 is 45.0 Å². The number of thioether (sulfide) groups is 1. The molecule has 1 unspecified atom stereocenters. The average Bonchev–Trinajstić information content (AvgIpc) is 3.34. The van der Waals surface area contributed by atoms with E-state index in [0.29, 0.717) is 26.9 Å². The van der Waals surface area contributed by atoms with Gasteiger partial charge in [-0.05, 0) is 38.1 Å². The van der Waals surface area contributed by atoms with E-state index in [2.05, 4.69) is 10.3 Å². The Morgan fingerprint density at radius 2 is 1.69 bits per heavy atom. The van der Waals surface area contributed by atoms with Crippen molar-refractivity contribution in [1.29, 1.82) is 0 Å². The second kappa shape index (κ2) is 9.85. The minimum Gasteiger partial charge on any atom is -0.301 e. The lowest BCUT2D eigenvalue weighted by atomic mass is 10.2. The van der Waals surface area contributed by atoms with Crippen LogP contribution in [0.25, 0.3) is 27.8 Å². The molecule has 1 atom stereocenters. The zero-order valence-electron chi connectivity index (χ0n) is 19.1. The van der Waals surface area contributed by atoms with Gasteiger partial charge in [-0.15, -0.1) is 11.3 Å². The summed E-state index contributed by atoms with van der Waals surface area (Å²) < 4.78 is 1.58. The minimum atomic E-state index is -0.510. The number of nitrogens with one attached hydrogen (secondary N) is 1. The van der Waals surface area contributed by atoms with E-state index in [0.717, 1.165) is 16.8 Å². The van der Waals surface area contributed by atoms with E-state index in [1.54, 1.807) is 17.6 Å². The maximum Gasteiger partial charge on any atom is 0.266 e. The van der Waals surface area contributed by atoms with Crippen LogP contribution < -0.4 is 10.9 Å². The maximum atomic E-state index is 13.4. The Morgan fingerprint density at radius 3 is 2.46 bits per heavy atom. The molecule has 5 aromatic rings. The Labute approximate surface area is 210 Å². The Bertz CT molecular complexity index is 1560. The van der Waals surface area contributed by atoms with Gasteiger partial charge < -0.3 is 5.32 Å². The molecule has 3 aromatic carbocycles. The Hall–Kier alpha value is -3.75. The fraction of sp³-hybridized carbons (Fsp3) is 0.111. The van der Waals surface area contributed by atoms with Gasteiger partial charge in [-0.1, -0.05) is 71.9 Å². The second-order valence-corrected chi connectivity index (χ2v) is 10.2. The summed E-state index contributed by atoms with van der Waals surface area (Å²) in [7, 11) is 0. The number of hydrogen-bond donors (Lipinski definition) is 1. The number of carbonyl (C=O) groups is 1. The highest BCUT2D eigenvalue weighted by atomic mass is 32.2. The smallest absolute Gasteiger partial charge is 0.266 e. The molecule has 1 amide bonds. The summed E-state index contributed by atoms with van der Waals surface area (Å²) in [5.74, 6) is -0.207. The summed E-state index contributed by atoms with van der Waals surface area (Å²) in [5.41, 5.74) is 4.05. The van der Waals surface area contributed by atoms with Crippen LogP contribution in [0.15, 0.2) is 94.2 Å². The number of anilines is 1. The van der Waals surface area contributed by atoms with Crippen molar-refractivity contribution in [1.82, 2.24) is 14.5 Å². The molecule has 5 rings (SSSR count). The highest BCUT2D eigenvalue weighted by Crippen LogP contribution is 2.28. The van der Waals surface area contributed by atoms with Crippen LogP contribution in [-0.2, 0) is 4.79 Å². The number of amides is 1. The number of benzene rings is 3. The topological polar surface area (TPSA) is 76.9 Å². The number of hydrogen-bond acceptors (Lipinski definition) is 6. The Kier molecular flexibility index (Phi) is 6.48. The van der Waals surface area contributed by atoms with Crippen molar-refractivity contribution in [3.8, 4) is 16.9 Å². The fourth-order valence-corrected chi connectivity index (χ4v) is 5.25. The second-order valence-electron chi connectivity index (χ2n) is 8.04. The average molecular weight is 499 g/mol. The van der Waals surface area contributed by atoms with Gasteiger partial charge >= 0.3 is 0 Å². The maximum absolute atomic E-state index is 13.4. The van der Waals surface area contributed by atoms with Gasteiger partial charge in [-0.25, -0.2) is 9.97 Å². The molecule has 0 saturated heterocycles. The van der Waals surface area contributed by atoms with E-state index in [9.17, 15) is 9.59 Å². The van der Waals surface area contributed by atoms with Crippen molar-refractivity contribution < 1.29 is 4.79 Å². The monoisotopic (exact) mass is 498 g/mol. The lowest BCUT2D eigenvalue weighted by molar-refractivity contribution is -0.115. The largest absolute Gasteiger partial charge is 0.301 e. The number of carbonyl (C=O) groups excluding carboxylic acids is 1. The van der Waals surface area contributed by atoms with Crippen molar-refractivity contribution in [3.63, 3.8) is 0 Å². The Balaban J connectivity index is 1.43. The van der Waals surface area contributed by atoms with Crippen molar-refractivity contribution in [2.45, 2.75) is 24.3 Å². The highest BCUT2D eigenvalue weighted by molar-refractivity contribution is 8.00. The number of nitrogens with zero attached hydrogens (tertiary/aromatic N) is 3. The third kappa shape index (κ3) is 4.89. The summed E-state index contributed by atoms with van der Waals surface area (Å²) in [4.78, 5) is 35.7. The van der Waals surface area contributed by atoms with Gasteiger partial charge in [0.1, 0.15) is 0 Å². The minimum absolute atomic E-state index is 0.165. The predicted octanol–water partition coefficient (Wildman–Crippen LogP) is 5.94. The molecular formula is C27H22N4O2S2. The molecule has 35 heavy (non-hydrogen) atoms. The van der Waals surface area contributed by atoms with Crippen molar-refractivity contribution in [3.05, 3.63) is 100 Å². The van der Waals surface area contributed by atoms with Crippen LogP contribution in [-0.4, -0.2) is 25.7 Å². The van der Waals surface area contributed by atoms with Gasteiger partial charge in [0.25, 0.3) is 5.56 Å². The molecule has 0 fully saturated rings. The van der Waals surface area contributed by atoms with Crippen LogP contribution in [0, 0.1) is 6.92 Å². The highest BCUT2D eigenvalue weighted by Gasteiger charge is 2.21. The van der Waals surface area contributed by atoms with Gasteiger partial charge in [0.05, 0.1) is 27.5 Å². The quantitative estimate of drug-likeness (QED) is 0.232. The van der Waals surface area contributed by atoms with Crippen LogP contribution >= 0.6 is 23.1 Å². The number of fused-ring (bicyclic) bond motifs is 1. The molecule has 0 aliphatic rings. The summed E-state index contributed by atoms with van der Waals surface area (Å²) in [6.45, 7) is 3.79. The molecule has 0 saturated carbocycles. The lowest BCUT2D eigenvalue weighted by Crippen LogP contribution is -2.26. The molecule has 0 aliphatic heterocycles. The summed E-state index contributed by atoms with van der Waals surface area (Å²) in [5, 5.41) is 5.84. The molecule has 6 nitrogen and oxygen atoms in total. The van der Waals surface area contributed by atoms with Gasteiger partial charge in [0.15, 0.2) is 10.3 Å². The zero-order valence-corrected chi connectivity index (χ0v) is 20.8. The van der Waals surface area contributed by atoms with E-state index < -0.39 is 5.25 Å². The molecule has 0 bridgehead atoms. The molecule has 0 spiro atoms. The number of para-hydroxylation sites is 1. The molecule has 0 radical (unpaired) electrons. The first-order chi connectivity index (χ1) is 17.0. The van der Waals surface area contributed by atoms with E-state index in [1.165, 1.54) is 23.1 Å². The van der Waals surface area contributed by atoms with Crippen LogP contribution in [0.3, 0.4) is 0 Å². The van der Waals surface area contributed by atoms with Gasteiger partial charge in [0, 0.05) is 10.9 Å². The Morgan fingerprint density at radius 1 is 0.971 bits per heavy atom. The summed E-state index contributed by atoms with van der Waals surface area (Å²) in [6.07, 6.45) is 0. The fourth-order valence-electron chi connectivity index (χ4n) is 3.60. The molecule has 2 aromatic heterocycles. The number of thiazole rings is 1. The molecule has 2 heterocycles. The third-order valence-corrected chi connectivity index (χ3v) is 7.30. The first-order valence-corrected chi connectivity index (χ1v) is 12.8. The third-order valence-electron chi connectivity index (χ3n) is 5.49. The number of aromatic nitrogens is 3. The van der Waals surface area contributed by atoms with Gasteiger partial charge in [-0.3, -0.25) is 14.2 Å². The SMILES string of the molecule is Cc1ccc(-n2c(SC(C)C(=O)Nc3nc(-c4ccccc4)cs3)nc3ccccc3c2=O)cc1. The van der Waals surface area contributed by atoms with E-state index in [1.807, 2.05) is 85.1 Å². The molecule has 0 aliphatic carbocycles. The van der Waals surface area contributed by atoms with Crippen LogP contribution in [0.1, 0.15) is 12.5 Å². The molecule has 1 N–H and O–H groups in total. The molecule has 174 valence electrons. The summed E-state index contributed by atoms with van der Waals surface area (Å²) >= 11 is 2.62.